The van der Waals surface area contributed by atoms with Crippen molar-refractivity contribution in [3.8, 4) is 16.8 Å². The summed E-state index contributed by atoms with van der Waals surface area (Å²) < 4.78 is 7.24. The molecule has 1 aromatic heterocycles. The highest BCUT2D eigenvalue weighted by molar-refractivity contribution is 5.91. The number of ether oxygens (including phenoxy) is 1. The highest BCUT2D eigenvalue weighted by atomic mass is 16.5. The lowest BCUT2D eigenvalue weighted by Crippen LogP contribution is -2.21. The average Bonchev–Trinajstić information content (AvgIpc) is 3.62. The van der Waals surface area contributed by atoms with E-state index in [4.69, 9.17) is 16.3 Å². The number of carbonyl (C=O) groups is 1. The second-order valence-corrected chi connectivity index (χ2v) is 11.1. The fourth-order valence-corrected chi connectivity index (χ4v) is 6.05. The first-order valence-corrected chi connectivity index (χ1v) is 14.3. The van der Waals surface area contributed by atoms with Crippen molar-refractivity contribution < 1.29 is 9.53 Å². The standard InChI is InChI=1S/C32H41N5O2/c1-3-39-32(38)29-20-35-37(31(29)28-19-27(28)30(33)21-36(2)34)26-14-8-13-25(18-26)24-12-7-11-23(17-24)16-15-22-9-5-4-6-10-22/h7-8,11-14,17-18,20-22,27-28H,3-6,9-10,15-16,19,33-34H2,1-2H3/b30-21-. The second kappa shape index (κ2) is 12.1. The average molecular weight is 528 g/mol. The number of nitrogens with zero attached hydrogens (tertiary/aromatic N) is 3. The normalized spacial score (nSPS) is 19.6. The summed E-state index contributed by atoms with van der Waals surface area (Å²) in [5.74, 6) is 6.47. The van der Waals surface area contributed by atoms with Gasteiger partial charge < -0.3 is 15.5 Å². The topological polar surface area (TPSA) is 99.4 Å². The zero-order valence-electron chi connectivity index (χ0n) is 23.2. The zero-order chi connectivity index (χ0) is 27.4. The maximum Gasteiger partial charge on any atom is 0.341 e. The van der Waals surface area contributed by atoms with Gasteiger partial charge in [-0.05, 0) is 60.9 Å². The fourth-order valence-electron chi connectivity index (χ4n) is 6.05. The number of esters is 1. The summed E-state index contributed by atoms with van der Waals surface area (Å²) in [4.78, 5) is 12.8. The molecule has 7 nitrogen and oxygen atoms in total. The van der Waals surface area contributed by atoms with Gasteiger partial charge in [0.1, 0.15) is 5.56 Å². The number of benzene rings is 2. The Labute approximate surface area is 231 Å². The van der Waals surface area contributed by atoms with Crippen LogP contribution in [0.2, 0.25) is 0 Å². The van der Waals surface area contributed by atoms with Crippen molar-refractivity contribution in [3.63, 3.8) is 0 Å². The molecule has 0 saturated heterocycles. The first-order valence-electron chi connectivity index (χ1n) is 14.3. The number of hydrogen-bond acceptors (Lipinski definition) is 6. The van der Waals surface area contributed by atoms with Crippen LogP contribution in [0.5, 0.6) is 0 Å². The van der Waals surface area contributed by atoms with Crippen molar-refractivity contribution in [2.75, 3.05) is 13.7 Å². The summed E-state index contributed by atoms with van der Waals surface area (Å²) >= 11 is 0. The molecule has 2 unspecified atom stereocenters. The van der Waals surface area contributed by atoms with Crippen molar-refractivity contribution >= 4 is 5.97 Å². The minimum Gasteiger partial charge on any atom is -0.462 e. The van der Waals surface area contributed by atoms with Crippen LogP contribution in [0.4, 0.5) is 0 Å². The molecule has 0 aliphatic heterocycles. The molecule has 2 saturated carbocycles. The summed E-state index contributed by atoms with van der Waals surface area (Å²) in [6, 6.07) is 17.3. The van der Waals surface area contributed by atoms with Gasteiger partial charge in [0.25, 0.3) is 0 Å². The van der Waals surface area contributed by atoms with Gasteiger partial charge in [-0.1, -0.05) is 68.5 Å². The third kappa shape index (κ3) is 6.36. The predicted molar refractivity (Wildman–Crippen MR) is 155 cm³/mol. The first-order chi connectivity index (χ1) is 18.9. The highest BCUT2D eigenvalue weighted by Crippen LogP contribution is 2.52. The molecular weight excluding hydrogens is 486 g/mol. The summed E-state index contributed by atoms with van der Waals surface area (Å²) in [6.45, 7) is 2.12. The molecule has 0 spiro atoms. The van der Waals surface area contributed by atoms with Crippen molar-refractivity contribution in [1.29, 1.82) is 0 Å². The summed E-state index contributed by atoms with van der Waals surface area (Å²) in [7, 11) is 1.75. The van der Waals surface area contributed by atoms with Gasteiger partial charge in [-0.3, -0.25) is 0 Å². The molecule has 4 N–H and O–H groups in total. The summed E-state index contributed by atoms with van der Waals surface area (Å²) in [5, 5.41) is 6.12. The molecule has 3 aromatic rings. The van der Waals surface area contributed by atoms with E-state index >= 15 is 0 Å². The smallest absolute Gasteiger partial charge is 0.341 e. The van der Waals surface area contributed by atoms with Crippen molar-refractivity contribution in [2.45, 2.75) is 64.2 Å². The number of allylic oxidation sites excluding steroid dienone is 1. The lowest BCUT2D eigenvalue weighted by Gasteiger charge is -2.21. The van der Waals surface area contributed by atoms with Crippen LogP contribution in [0.1, 0.15) is 79.4 Å². The van der Waals surface area contributed by atoms with E-state index in [0.29, 0.717) is 17.9 Å². The second-order valence-electron chi connectivity index (χ2n) is 11.1. The van der Waals surface area contributed by atoms with E-state index in [0.717, 1.165) is 35.7 Å². The Hall–Kier alpha value is -3.58. The third-order valence-corrected chi connectivity index (χ3v) is 8.14. The Bertz CT molecular complexity index is 1320. The molecule has 2 aliphatic carbocycles. The van der Waals surface area contributed by atoms with Gasteiger partial charge >= 0.3 is 5.97 Å². The highest BCUT2D eigenvalue weighted by Gasteiger charge is 2.45. The van der Waals surface area contributed by atoms with E-state index in [9.17, 15) is 4.79 Å². The quantitative estimate of drug-likeness (QED) is 0.192. The first kappa shape index (κ1) is 27.0. The Balaban J connectivity index is 1.42. The number of rotatable bonds is 10. The largest absolute Gasteiger partial charge is 0.462 e. The van der Waals surface area contributed by atoms with Crippen LogP contribution in [0.3, 0.4) is 0 Å². The van der Waals surface area contributed by atoms with Crippen molar-refractivity contribution in [2.24, 2.45) is 23.4 Å². The molecule has 0 radical (unpaired) electrons. The minimum atomic E-state index is -0.357. The van der Waals surface area contributed by atoms with Gasteiger partial charge in [-0.2, -0.15) is 5.10 Å². The number of carbonyl (C=O) groups excluding carboxylic acids is 1. The summed E-state index contributed by atoms with van der Waals surface area (Å²) in [6.07, 6.45) is 13.5. The lowest BCUT2D eigenvalue weighted by molar-refractivity contribution is 0.0525. The van der Waals surface area contributed by atoms with Gasteiger partial charge in [-0.15, -0.1) is 0 Å². The third-order valence-electron chi connectivity index (χ3n) is 8.14. The SMILES string of the molecule is CCOC(=O)c1cnn(-c2cccc(-c3cccc(CCC4CCCCC4)c3)c2)c1C1CC1/C(N)=C/N(C)N. The Kier molecular flexibility index (Phi) is 8.36. The minimum absolute atomic E-state index is 0.0647. The van der Waals surface area contributed by atoms with E-state index in [1.165, 1.54) is 54.7 Å². The molecule has 2 fully saturated rings. The number of aromatic nitrogens is 2. The molecule has 7 heteroatoms. The molecule has 206 valence electrons. The number of aryl methyl sites for hydroxylation is 1. The Morgan fingerprint density at radius 3 is 2.62 bits per heavy atom. The van der Waals surface area contributed by atoms with Crippen LogP contribution >= 0.6 is 0 Å². The molecule has 2 atom stereocenters. The number of hydrogen-bond donors (Lipinski definition) is 2. The molecule has 39 heavy (non-hydrogen) atoms. The molecule has 5 rings (SSSR count). The maximum absolute atomic E-state index is 12.8. The summed E-state index contributed by atoms with van der Waals surface area (Å²) in [5.41, 5.74) is 13.0. The van der Waals surface area contributed by atoms with Crippen molar-refractivity contribution in [3.05, 3.63) is 83.4 Å². The van der Waals surface area contributed by atoms with E-state index in [1.54, 1.807) is 19.4 Å². The molecule has 2 aromatic carbocycles. The van der Waals surface area contributed by atoms with Gasteiger partial charge in [0.15, 0.2) is 0 Å². The zero-order valence-corrected chi connectivity index (χ0v) is 23.2. The van der Waals surface area contributed by atoms with Gasteiger partial charge in [-0.25, -0.2) is 15.3 Å². The fraction of sp³-hybridized carbons (Fsp3) is 0.438. The Morgan fingerprint density at radius 1 is 1.13 bits per heavy atom. The van der Waals surface area contributed by atoms with Crippen LogP contribution < -0.4 is 11.6 Å². The number of nitrogens with two attached hydrogens (primary N) is 2. The van der Waals surface area contributed by atoms with E-state index < -0.39 is 0 Å². The monoisotopic (exact) mass is 527 g/mol. The van der Waals surface area contributed by atoms with Gasteiger partial charge in [0, 0.05) is 30.8 Å². The number of hydrazine groups is 1. The van der Waals surface area contributed by atoms with Crippen LogP contribution in [-0.4, -0.2) is 34.4 Å². The van der Waals surface area contributed by atoms with Crippen LogP contribution in [0.15, 0.2) is 66.6 Å². The maximum atomic E-state index is 12.8. The molecule has 0 amide bonds. The van der Waals surface area contributed by atoms with E-state index in [-0.39, 0.29) is 17.8 Å². The molecule has 2 aliphatic rings. The van der Waals surface area contributed by atoms with Crippen LogP contribution in [0, 0.1) is 11.8 Å². The Morgan fingerprint density at radius 2 is 1.87 bits per heavy atom. The van der Waals surface area contributed by atoms with Crippen molar-refractivity contribution in [1.82, 2.24) is 14.8 Å². The molecule has 1 heterocycles. The molecule has 0 bridgehead atoms. The van der Waals surface area contributed by atoms with Gasteiger partial charge in [0.2, 0.25) is 0 Å². The van der Waals surface area contributed by atoms with Gasteiger partial charge in [0.05, 0.1) is 24.2 Å². The predicted octanol–water partition coefficient (Wildman–Crippen LogP) is 5.94. The molecular formula is C32H41N5O2. The van der Waals surface area contributed by atoms with E-state index in [1.807, 2.05) is 17.7 Å². The van der Waals surface area contributed by atoms with E-state index in [2.05, 4.69) is 47.6 Å². The van der Waals surface area contributed by atoms with Crippen LogP contribution in [-0.2, 0) is 11.2 Å². The lowest BCUT2D eigenvalue weighted by atomic mass is 9.85. The van der Waals surface area contributed by atoms with Crippen LogP contribution in [0.25, 0.3) is 16.8 Å².